The number of benzene rings is 1. The summed E-state index contributed by atoms with van der Waals surface area (Å²) in [6, 6.07) is 8.84. The number of rotatable bonds is 10. The Hall–Kier alpha value is -1.66. The van der Waals surface area contributed by atoms with E-state index in [2.05, 4.69) is 5.09 Å². The Morgan fingerprint density at radius 1 is 1.39 bits per heavy atom. The molecule has 0 amide bonds. The SMILES string of the molecule is C/C(=C\CCP(=O)(NC(C)(C)C(=O)O[C@@H]1CCOC1)Oc1ccccc1)CO. The highest BCUT2D eigenvalue weighted by molar-refractivity contribution is 7.57. The third kappa shape index (κ3) is 7.06. The highest BCUT2D eigenvalue weighted by atomic mass is 31.2. The smallest absolute Gasteiger partial charge is 0.326 e. The van der Waals surface area contributed by atoms with Crippen molar-refractivity contribution in [2.75, 3.05) is 26.0 Å². The summed E-state index contributed by atoms with van der Waals surface area (Å²) in [7, 11) is -3.44. The number of esters is 1. The molecule has 2 atom stereocenters. The first kappa shape index (κ1) is 22.6. The van der Waals surface area contributed by atoms with Crippen LogP contribution in [0.5, 0.6) is 5.75 Å². The van der Waals surface area contributed by atoms with Crippen molar-refractivity contribution in [3.8, 4) is 5.75 Å². The Labute approximate surface area is 166 Å². The summed E-state index contributed by atoms with van der Waals surface area (Å²) in [6.45, 7) is 5.94. The minimum absolute atomic E-state index is 0.0570. The van der Waals surface area contributed by atoms with Crippen molar-refractivity contribution in [1.82, 2.24) is 5.09 Å². The molecule has 0 aromatic heterocycles. The fourth-order valence-corrected chi connectivity index (χ4v) is 4.82. The molecule has 2 N–H and O–H groups in total. The van der Waals surface area contributed by atoms with Gasteiger partial charge in [-0.1, -0.05) is 29.8 Å². The Morgan fingerprint density at radius 2 is 2.11 bits per heavy atom. The van der Waals surface area contributed by atoms with Crippen LogP contribution in [0.3, 0.4) is 0 Å². The number of hydrogen-bond donors (Lipinski definition) is 2. The zero-order valence-corrected chi connectivity index (χ0v) is 17.6. The topological polar surface area (TPSA) is 94.1 Å². The van der Waals surface area contributed by atoms with Crippen molar-refractivity contribution in [1.29, 1.82) is 0 Å². The van der Waals surface area contributed by atoms with Crippen LogP contribution in [0.25, 0.3) is 0 Å². The maximum absolute atomic E-state index is 13.6. The molecule has 0 bridgehead atoms. The molecular weight excluding hydrogens is 381 g/mol. The molecule has 1 unspecified atom stereocenters. The van der Waals surface area contributed by atoms with Crippen LogP contribution in [0, 0.1) is 0 Å². The van der Waals surface area contributed by atoms with Gasteiger partial charge in [-0.05, 0) is 39.3 Å². The second-order valence-electron chi connectivity index (χ2n) is 7.43. The minimum atomic E-state index is -3.44. The summed E-state index contributed by atoms with van der Waals surface area (Å²) in [5.41, 5.74) is -0.422. The lowest BCUT2D eigenvalue weighted by atomic mass is 10.1. The van der Waals surface area contributed by atoms with E-state index in [-0.39, 0.29) is 18.9 Å². The number of aliphatic hydroxyl groups is 1. The van der Waals surface area contributed by atoms with E-state index in [0.717, 1.165) is 5.57 Å². The number of hydrogen-bond acceptors (Lipinski definition) is 6. The first-order chi connectivity index (χ1) is 13.2. The van der Waals surface area contributed by atoms with Gasteiger partial charge in [0.15, 0.2) is 0 Å². The van der Waals surface area contributed by atoms with Gasteiger partial charge in [-0.25, -0.2) is 5.09 Å². The number of carbonyl (C=O) groups is 1. The lowest BCUT2D eigenvalue weighted by Crippen LogP contribution is -2.48. The second-order valence-corrected chi connectivity index (χ2v) is 9.63. The molecule has 0 spiro atoms. The molecular formula is C20H30NO6P. The summed E-state index contributed by atoms with van der Waals surface area (Å²) in [4.78, 5) is 12.6. The van der Waals surface area contributed by atoms with Crippen LogP contribution >= 0.6 is 7.52 Å². The van der Waals surface area contributed by atoms with Crippen LogP contribution in [0.4, 0.5) is 0 Å². The van der Waals surface area contributed by atoms with Gasteiger partial charge in [0.2, 0.25) is 0 Å². The first-order valence-electron chi connectivity index (χ1n) is 9.42. The van der Waals surface area contributed by atoms with Gasteiger partial charge in [0, 0.05) is 6.42 Å². The van der Waals surface area contributed by atoms with Crippen molar-refractivity contribution >= 4 is 13.5 Å². The fourth-order valence-electron chi connectivity index (χ4n) is 2.70. The average Bonchev–Trinajstić information content (AvgIpc) is 3.14. The lowest BCUT2D eigenvalue weighted by Gasteiger charge is -2.30. The van der Waals surface area contributed by atoms with Crippen molar-refractivity contribution < 1.29 is 28.5 Å². The third-order valence-corrected chi connectivity index (χ3v) is 6.54. The monoisotopic (exact) mass is 411 g/mol. The van der Waals surface area contributed by atoms with Gasteiger partial charge in [-0.15, -0.1) is 0 Å². The van der Waals surface area contributed by atoms with Crippen molar-refractivity contribution in [2.24, 2.45) is 0 Å². The number of aliphatic hydroxyl groups excluding tert-OH is 1. The maximum atomic E-state index is 13.6. The van der Waals surface area contributed by atoms with Gasteiger partial charge in [0.1, 0.15) is 17.4 Å². The van der Waals surface area contributed by atoms with E-state index in [0.29, 0.717) is 31.8 Å². The van der Waals surface area contributed by atoms with E-state index in [9.17, 15) is 9.36 Å². The number of carbonyl (C=O) groups excluding carboxylic acids is 1. The molecule has 156 valence electrons. The van der Waals surface area contributed by atoms with Crippen LogP contribution in [0.2, 0.25) is 0 Å². The zero-order chi connectivity index (χ0) is 20.6. The van der Waals surface area contributed by atoms with Crippen LogP contribution in [0.1, 0.15) is 33.6 Å². The third-order valence-electron chi connectivity index (χ3n) is 4.28. The molecule has 1 heterocycles. The van der Waals surface area contributed by atoms with Gasteiger partial charge < -0.3 is 19.1 Å². The fraction of sp³-hybridized carbons (Fsp3) is 0.550. The lowest BCUT2D eigenvalue weighted by molar-refractivity contribution is -0.155. The Kier molecular flexibility index (Phi) is 8.25. The summed E-state index contributed by atoms with van der Waals surface area (Å²) in [5, 5.41) is 12.0. The molecule has 1 aromatic carbocycles. The van der Waals surface area contributed by atoms with Crippen LogP contribution in [-0.2, 0) is 18.8 Å². The molecule has 8 heteroatoms. The summed E-state index contributed by atoms with van der Waals surface area (Å²) < 4.78 is 30.1. The molecule has 1 saturated heterocycles. The molecule has 0 aliphatic carbocycles. The van der Waals surface area contributed by atoms with Gasteiger partial charge in [0.25, 0.3) is 0 Å². The minimum Gasteiger partial charge on any atom is -0.458 e. The number of ether oxygens (including phenoxy) is 2. The zero-order valence-electron chi connectivity index (χ0n) is 16.7. The van der Waals surface area contributed by atoms with E-state index < -0.39 is 19.0 Å². The Bertz CT molecular complexity index is 713. The molecule has 0 radical (unpaired) electrons. The van der Waals surface area contributed by atoms with E-state index in [1.54, 1.807) is 45.0 Å². The highest BCUT2D eigenvalue weighted by Gasteiger charge is 2.39. The van der Waals surface area contributed by atoms with Gasteiger partial charge in [0.05, 0.1) is 26.0 Å². The summed E-state index contributed by atoms with van der Waals surface area (Å²) >= 11 is 0. The van der Waals surface area contributed by atoms with Crippen LogP contribution in [-0.4, -0.2) is 48.7 Å². The predicted molar refractivity (Wildman–Crippen MR) is 108 cm³/mol. The molecule has 1 fully saturated rings. The van der Waals surface area contributed by atoms with Crippen LogP contribution in [0.15, 0.2) is 42.0 Å². The number of nitrogens with one attached hydrogen (secondary N) is 1. The molecule has 1 aromatic rings. The van der Waals surface area contributed by atoms with Crippen LogP contribution < -0.4 is 9.61 Å². The molecule has 0 saturated carbocycles. The van der Waals surface area contributed by atoms with Gasteiger partial charge in [-0.2, -0.15) is 0 Å². The predicted octanol–water partition coefficient (Wildman–Crippen LogP) is 3.29. The molecule has 2 rings (SSSR count). The number of allylic oxidation sites excluding steroid dienone is 1. The van der Waals surface area contributed by atoms with Crippen molar-refractivity contribution in [3.05, 3.63) is 42.0 Å². The first-order valence-corrected chi connectivity index (χ1v) is 11.2. The maximum Gasteiger partial charge on any atom is 0.326 e. The molecule has 1 aliphatic rings. The molecule has 7 nitrogen and oxygen atoms in total. The van der Waals surface area contributed by atoms with Crippen molar-refractivity contribution in [2.45, 2.75) is 45.3 Å². The van der Waals surface area contributed by atoms with Gasteiger partial charge in [-0.3, -0.25) is 9.36 Å². The highest BCUT2D eigenvalue weighted by Crippen LogP contribution is 2.46. The van der Waals surface area contributed by atoms with Crippen molar-refractivity contribution in [3.63, 3.8) is 0 Å². The standard InChI is InChI=1S/C20H30NO6P/c1-16(14-22)8-7-13-28(24,27-17-9-5-4-6-10-17)21-20(2,3)19(23)26-18-11-12-25-15-18/h4-6,8-10,18,22H,7,11-15H2,1-3H3,(H,21,24)/b16-8+/t18-,28?/m1/s1. The summed E-state index contributed by atoms with van der Waals surface area (Å²) in [6.07, 6.45) is 2.79. The Morgan fingerprint density at radius 3 is 2.71 bits per heavy atom. The van der Waals surface area contributed by atoms with E-state index in [4.69, 9.17) is 19.1 Å². The largest absolute Gasteiger partial charge is 0.458 e. The normalized spacial score (nSPS) is 19.9. The van der Waals surface area contributed by atoms with E-state index >= 15 is 0 Å². The molecule has 1 aliphatic heterocycles. The summed E-state index contributed by atoms with van der Waals surface area (Å²) in [5.74, 6) is -0.0449. The van der Waals surface area contributed by atoms with E-state index in [1.165, 1.54) is 0 Å². The average molecular weight is 411 g/mol. The van der Waals surface area contributed by atoms with E-state index in [1.807, 2.05) is 12.1 Å². The second kappa shape index (κ2) is 10.2. The molecule has 28 heavy (non-hydrogen) atoms. The quantitative estimate of drug-likeness (QED) is 0.347. The number of para-hydroxylation sites is 1. The van der Waals surface area contributed by atoms with Gasteiger partial charge >= 0.3 is 13.5 Å². The Balaban J connectivity index is 2.11.